The second-order valence-electron chi connectivity index (χ2n) is 3.03. The number of aromatic nitrogens is 4. The molecule has 0 saturated heterocycles. The Kier molecular flexibility index (Phi) is 2.57. The van der Waals surface area contributed by atoms with Gasteiger partial charge < -0.3 is 5.11 Å². The molecule has 2 rings (SSSR count). The number of hydrogen-bond donors (Lipinski definition) is 1. The Hall–Kier alpha value is -1.95. The maximum atomic E-state index is 10.9. The zero-order valence-electron chi connectivity index (χ0n) is 8.25. The van der Waals surface area contributed by atoms with Crippen LogP contribution in [-0.2, 0) is 0 Å². The van der Waals surface area contributed by atoms with E-state index >= 15 is 0 Å². The number of aryl methyl sites for hydroxylation is 1. The number of aromatic carboxylic acids is 1. The van der Waals surface area contributed by atoms with Crippen LogP contribution in [0.25, 0.3) is 5.82 Å². The van der Waals surface area contributed by atoms with Gasteiger partial charge in [0.2, 0.25) is 0 Å². The first-order chi connectivity index (χ1) is 7.61. The van der Waals surface area contributed by atoms with Crippen molar-refractivity contribution in [1.29, 1.82) is 0 Å². The smallest absolute Gasteiger partial charge is 0.340 e. The lowest BCUT2D eigenvalue weighted by Crippen LogP contribution is -2.01. The van der Waals surface area contributed by atoms with Gasteiger partial charge >= 0.3 is 5.97 Å². The van der Waals surface area contributed by atoms with Crippen LogP contribution in [0.5, 0.6) is 0 Å². The normalized spacial score (nSPS) is 10.4. The van der Waals surface area contributed by atoms with Crippen LogP contribution in [-0.4, -0.2) is 30.8 Å². The molecule has 0 unspecified atom stereocenters. The molecular weight excluding hydrogens is 232 g/mol. The summed E-state index contributed by atoms with van der Waals surface area (Å²) in [5.74, 6) is -0.735. The van der Waals surface area contributed by atoms with Crippen LogP contribution in [0, 0.1) is 6.92 Å². The van der Waals surface area contributed by atoms with Crippen molar-refractivity contribution in [2.24, 2.45) is 0 Å². The third kappa shape index (κ3) is 1.63. The van der Waals surface area contributed by atoms with Crippen molar-refractivity contribution in [1.82, 2.24) is 19.7 Å². The second kappa shape index (κ2) is 3.90. The predicted octanol–water partition coefficient (Wildman–Crippen LogP) is 1.32. The van der Waals surface area contributed by atoms with Crippen LogP contribution in [0.1, 0.15) is 16.1 Å². The van der Waals surface area contributed by atoms with Crippen molar-refractivity contribution in [3.05, 3.63) is 35.0 Å². The molecule has 0 saturated carbocycles. The third-order valence-electron chi connectivity index (χ3n) is 1.98. The molecule has 0 aromatic carbocycles. The summed E-state index contributed by atoms with van der Waals surface area (Å²) in [7, 11) is 0. The lowest BCUT2D eigenvalue weighted by molar-refractivity contribution is 0.0696. The highest BCUT2D eigenvalue weighted by atomic mass is 35.5. The Balaban J connectivity index is 2.61. The van der Waals surface area contributed by atoms with Gasteiger partial charge in [0.05, 0.1) is 11.9 Å². The fourth-order valence-corrected chi connectivity index (χ4v) is 1.64. The number of carboxylic acids is 1. The monoisotopic (exact) mass is 238 g/mol. The van der Waals surface area contributed by atoms with Gasteiger partial charge in [0.25, 0.3) is 0 Å². The summed E-state index contributed by atoms with van der Waals surface area (Å²) in [6.45, 7) is 1.57. The molecule has 0 spiro atoms. The molecule has 2 aromatic heterocycles. The number of carboxylic acid groups (broad SMARTS) is 1. The van der Waals surface area contributed by atoms with Crippen LogP contribution in [0.2, 0.25) is 5.15 Å². The molecule has 2 aromatic rings. The van der Waals surface area contributed by atoms with E-state index in [0.29, 0.717) is 11.5 Å². The fourth-order valence-electron chi connectivity index (χ4n) is 1.29. The van der Waals surface area contributed by atoms with Gasteiger partial charge in [-0.25, -0.2) is 14.5 Å². The molecule has 2 heterocycles. The summed E-state index contributed by atoms with van der Waals surface area (Å²) in [5.41, 5.74) is 0.315. The van der Waals surface area contributed by atoms with E-state index in [4.69, 9.17) is 16.7 Å². The van der Waals surface area contributed by atoms with E-state index in [9.17, 15) is 4.79 Å². The maximum absolute atomic E-state index is 10.9. The van der Waals surface area contributed by atoms with Gasteiger partial charge in [-0.2, -0.15) is 5.10 Å². The Morgan fingerprint density at radius 3 is 2.75 bits per heavy atom. The zero-order chi connectivity index (χ0) is 11.7. The lowest BCUT2D eigenvalue weighted by Gasteiger charge is -1.99. The van der Waals surface area contributed by atoms with E-state index in [1.54, 1.807) is 6.92 Å². The molecule has 1 N–H and O–H groups in total. The third-order valence-corrected chi connectivity index (χ3v) is 2.33. The van der Waals surface area contributed by atoms with Crippen molar-refractivity contribution >= 4 is 17.6 Å². The Morgan fingerprint density at radius 1 is 1.50 bits per heavy atom. The fraction of sp³-hybridized carbons (Fsp3) is 0.111. The van der Waals surface area contributed by atoms with Crippen molar-refractivity contribution in [2.45, 2.75) is 6.92 Å². The van der Waals surface area contributed by atoms with Crippen LogP contribution in [0.3, 0.4) is 0 Å². The van der Waals surface area contributed by atoms with Gasteiger partial charge in [0, 0.05) is 12.4 Å². The van der Waals surface area contributed by atoms with Gasteiger partial charge in [-0.15, -0.1) is 0 Å². The first-order valence-corrected chi connectivity index (χ1v) is 4.74. The number of hydrogen-bond acceptors (Lipinski definition) is 4. The Bertz CT molecular complexity index is 538. The topological polar surface area (TPSA) is 80.9 Å². The molecule has 0 amide bonds. The number of halogens is 1. The zero-order valence-corrected chi connectivity index (χ0v) is 9.01. The van der Waals surface area contributed by atoms with Gasteiger partial charge in [-0.05, 0) is 6.92 Å². The molecule has 0 fully saturated rings. The summed E-state index contributed by atoms with van der Waals surface area (Å²) < 4.78 is 1.24. The molecule has 0 atom stereocenters. The summed E-state index contributed by atoms with van der Waals surface area (Å²) in [5, 5.41) is 13.0. The maximum Gasteiger partial charge on any atom is 0.340 e. The highest BCUT2D eigenvalue weighted by Crippen LogP contribution is 2.21. The van der Waals surface area contributed by atoms with Gasteiger partial charge in [0.1, 0.15) is 10.7 Å². The lowest BCUT2D eigenvalue weighted by atomic mass is 10.3. The van der Waals surface area contributed by atoms with Gasteiger partial charge in [-0.3, -0.25) is 4.98 Å². The van der Waals surface area contributed by atoms with E-state index < -0.39 is 5.97 Å². The van der Waals surface area contributed by atoms with E-state index in [1.807, 2.05) is 0 Å². The van der Waals surface area contributed by atoms with E-state index in [1.165, 1.54) is 23.3 Å². The molecule has 0 aliphatic carbocycles. The van der Waals surface area contributed by atoms with Gasteiger partial charge in [-0.1, -0.05) is 11.6 Å². The minimum Gasteiger partial charge on any atom is -0.478 e. The molecule has 0 aliphatic rings. The SMILES string of the molecule is Cc1nn(-c2cnccn2)c(Cl)c1C(=O)O. The first kappa shape index (κ1) is 10.6. The average molecular weight is 239 g/mol. The molecule has 0 bridgehead atoms. The minimum absolute atomic E-state index is 0.0190. The number of carbonyl (C=O) groups is 1. The molecule has 0 radical (unpaired) electrons. The number of nitrogens with zero attached hydrogens (tertiary/aromatic N) is 4. The van der Waals surface area contributed by atoms with Crippen molar-refractivity contribution in [3.8, 4) is 5.82 Å². The molecule has 6 nitrogen and oxygen atoms in total. The first-order valence-electron chi connectivity index (χ1n) is 4.36. The van der Waals surface area contributed by atoms with E-state index in [0.717, 1.165) is 0 Å². The Morgan fingerprint density at radius 2 is 2.25 bits per heavy atom. The molecule has 16 heavy (non-hydrogen) atoms. The molecule has 7 heteroatoms. The van der Waals surface area contributed by atoms with Crippen molar-refractivity contribution in [3.63, 3.8) is 0 Å². The van der Waals surface area contributed by atoms with Crippen LogP contribution in [0.4, 0.5) is 0 Å². The van der Waals surface area contributed by atoms with E-state index in [2.05, 4.69) is 15.1 Å². The average Bonchev–Trinajstić information content (AvgIpc) is 2.55. The van der Waals surface area contributed by atoms with Gasteiger partial charge in [0.15, 0.2) is 5.82 Å². The highest BCUT2D eigenvalue weighted by Gasteiger charge is 2.20. The highest BCUT2D eigenvalue weighted by molar-refractivity contribution is 6.32. The minimum atomic E-state index is -1.11. The summed E-state index contributed by atoms with van der Waals surface area (Å²) in [6, 6.07) is 0. The summed E-state index contributed by atoms with van der Waals surface area (Å²) in [6.07, 6.45) is 4.43. The quantitative estimate of drug-likeness (QED) is 0.853. The molecule has 0 aliphatic heterocycles. The van der Waals surface area contributed by atoms with Crippen LogP contribution >= 0.6 is 11.6 Å². The second-order valence-corrected chi connectivity index (χ2v) is 3.39. The van der Waals surface area contributed by atoms with Crippen molar-refractivity contribution in [2.75, 3.05) is 0 Å². The van der Waals surface area contributed by atoms with E-state index in [-0.39, 0.29) is 10.7 Å². The number of rotatable bonds is 2. The predicted molar refractivity (Wildman–Crippen MR) is 55.9 cm³/mol. The summed E-state index contributed by atoms with van der Waals surface area (Å²) >= 11 is 5.91. The standard InChI is InChI=1S/C9H7ClN4O2/c1-5-7(9(15)16)8(10)14(13-5)6-4-11-2-3-12-6/h2-4H,1H3,(H,15,16). The van der Waals surface area contributed by atoms with Crippen LogP contribution < -0.4 is 0 Å². The van der Waals surface area contributed by atoms with Crippen molar-refractivity contribution < 1.29 is 9.90 Å². The Labute approximate surface area is 95.5 Å². The molecular formula is C9H7ClN4O2. The van der Waals surface area contributed by atoms with Crippen LogP contribution in [0.15, 0.2) is 18.6 Å². The largest absolute Gasteiger partial charge is 0.478 e. The summed E-state index contributed by atoms with van der Waals surface area (Å²) in [4.78, 5) is 18.8. The molecule has 82 valence electrons.